The fourth-order valence-electron chi connectivity index (χ4n) is 1.52. The molecule has 2 rings (SSSR count). The molecule has 94 valence electrons. The first-order valence-electron chi connectivity index (χ1n) is 5.47. The highest BCUT2D eigenvalue weighted by Crippen LogP contribution is 2.12. The Kier molecular flexibility index (Phi) is 3.71. The van der Waals surface area contributed by atoms with Crippen molar-refractivity contribution in [2.24, 2.45) is 5.84 Å². The maximum Gasteiger partial charge on any atom is 0.255 e. The smallest absolute Gasteiger partial charge is 0.255 e. The molecule has 1 aromatic heterocycles. The number of hydrazine groups is 1. The van der Waals surface area contributed by atoms with E-state index in [2.05, 4.69) is 15.7 Å². The van der Waals surface area contributed by atoms with Gasteiger partial charge in [0.1, 0.15) is 5.82 Å². The number of carbonyl (C=O) groups excluding carboxylic acids is 1. The van der Waals surface area contributed by atoms with Gasteiger partial charge in [0.15, 0.2) is 0 Å². The molecular formula is C13H11N5O. The standard InChI is InChI=1S/C13H11N5O/c14-8-9-2-1-3-11(6-9)17-13(19)10-4-5-16-12(7-10)18-15/h1-7H,15H2,(H,16,18)(H,17,19). The Morgan fingerprint density at radius 2 is 2.16 bits per heavy atom. The summed E-state index contributed by atoms with van der Waals surface area (Å²) in [6.07, 6.45) is 1.48. The van der Waals surface area contributed by atoms with Crippen LogP contribution in [-0.4, -0.2) is 10.9 Å². The summed E-state index contributed by atoms with van der Waals surface area (Å²) >= 11 is 0. The Hall–Kier alpha value is -2.91. The van der Waals surface area contributed by atoms with E-state index >= 15 is 0 Å². The van der Waals surface area contributed by atoms with Crippen LogP contribution in [0, 0.1) is 11.3 Å². The fourth-order valence-corrected chi connectivity index (χ4v) is 1.52. The lowest BCUT2D eigenvalue weighted by Gasteiger charge is -2.06. The van der Waals surface area contributed by atoms with Crippen LogP contribution < -0.4 is 16.6 Å². The quantitative estimate of drug-likeness (QED) is 0.568. The lowest BCUT2D eigenvalue weighted by atomic mass is 10.2. The van der Waals surface area contributed by atoms with Crippen LogP contribution in [0.25, 0.3) is 0 Å². The van der Waals surface area contributed by atoms with Crippen LogP contribution in [0.2, 0.25) is 0 Å². The molecule has 0 saturated carbocycles. The number of hydrogen-bond donors (Lipinski definition) is 3. The van der Waals surface area contributed by atoms with Crippen molar-refractivity contribution in [3.05, 3.63) is 53.7 Å². The van der Waals surface area contributed by atoms with Crippen LogP contribution in [0.3, 0.4) is 0 Å². The highest BCUT2D eigenvalue weighted by atomic mass is 16.1. The normalized spacial score (nSPS) is 9.47. The lowest BCUT2D eigenvalue weighted by Crippen LogP contribution is -2.14. The molecule has 19 heavy (non-hydrogen) atoms. The van der Waals surface area contributed by atoms with Crippen molar-refractivity contribution < 1.29 is 4.79 Å². The van der Waals surface area contributed by atoms with Crippen molar-refractivity contribution in [1.82, 2.24) is 4.98 Å². The molecule has 0 unspecified atom stereocenters. The van der Waals surface area contributed by atoms with Gasteiger partial charge in [-0.3, -0.25) is 4.79 Å². The Morgan fingerprint density at radius 3 is 2.89 bits per heavy atom. The number of nitrogens with two attached hydrogens (primary N) is 1. The predicted octanol–water partition coefficient (Wildman–Crippen LogP) is 1.49. The summed E-state index contributed by atoms with van der Waals surface area (Å²) in [5, 5.41) is 11.5. The van der Waals surface area contributed by atoms with Gasteiger partial charge < -0.3 is 10.7 Å². The molecule has 0 fully saturated rings. The highest BCUT2D eigenvalue weighted by molar-refractivity contribution is 6.04. The Bertz CT molecular complexity index is 647. The van der Waals surface area contributed by atoms with Crippen molar-refractivity contribution >= 4 is 17.4 Å². The molecule has 1 aromatic carbocycles. The van der Waals surface area contributed by atoms with Crippen LogP contribution in [-0.2, 0) is 0 Å². The number of nitrogen functional groups attached to an aromatic ring is 1. The van der Waals surface area contributed by atoms with E-state index in [1.165, 1.54) is 12.3 Å². The first kappa shape index (κ1) is 12.5. The fraction of sp³-hybridized carbons (Fsp3) is 0. The predicted molar refractivity (Wildman–Crippen MR) is 71.2 cm³/mol. The number of nitrogens with one attached hydrogen (secondary N) is 2. The van der Waals surface area contributed by atoms with E-state index in [9.17, 15) is 4.79 Å². The Labute approximate surface area is 109 Å². The number of amides is 1. The average Bonchev–Trinajstić information content (AvgIpc) is 2.47. The SMILES string of the molecule is N#Cc1cccc(NC(=O)c2ccnc(NN)c2)c1. The second kappa shape index (κ2) is 5.62. The van der Waals surface area contributed by atoms with Gasteiger partial charge in [0.05, 0.1) is 11.6 Å². The number of rotatable bonds is 3. The van der Waals surface area contributed by atoms with Gasteiger partial charge in [-0.15, -0.1) is 0 Å². The summed E-state index contributed by atoms with van der Waals surface area (Å²) in [7, 11) is 0. The van der Waals surface area contributed by atoms with Gasteiger partial charge in [0.25, 0.3) is 5.91 Å². The summed E-state index contributed by atoms with van der Waals surface area (Å²) < 4.78 is 0. The zero-order valence-corrected chi connectivity index (χ0v) is 9.92. The molecule has 6 heteroatoms. The van der Waals surface area contributed by atoms with Crippen molar-refractivity contribution in [1.29, 1.82) is 5.26 Å². The van der Waals surface area contributed by atoms with Crippen molar-refractivity contribution in [2.75, 3.05) is 10.7 Å². The average molecular weight is 253 g/mol. The molecule has 2 aromatic rings. The summed E-state index contributed by atoms with van der Waals surface area (Å²) in [6, 6.07) is 11.8. The third-order valence-electron chi connectivity index (χ3n) is 2.42. The van der Waals surface area contributed by atoms with E-state index in [0.717, 1.165) is 0 Å². The van der Waals surface area contributed by atoms with E-state index in [-0.39, 0.29) is 5.91 Å². The maximum atomic E-state index is 12.0. The molecule has 0 aliphatic carbocycles. The van der Waals surface area contributed by atoms with Gasteiger partial charge in [-0.05, 0) is 30.3 Å². The molecule has 0 atom stereocenters. The molecule has 0 saturated heterocycles. The zero-order chi connectivity index (χ0) is 13.7. The van der Waals surface area contributed by atoms with Crippen LogP contribution in [0.1, 0.15) is 15.9 Å². The lowest BCUT2D eigenvalue weighted by molar-refractivity contribution is 0.102. The van der Waals surface area contributed by atoms with E-state index in [1.54, 1.807) is 30.3 Å². The third-order valence-corrected chi connectivity index (χ3v) is 2.42. The van der Waals surface area contributed by atoms with Crippen molar-refractivity contribution in [3.8, 4) is 6.07 Å². The zero-order valence-electron chi connectivity index (χ0n) is 9.92. The molecule has 0 aliphatic heterocycles. The number of nitriles is 1. The van der Waals surface area contributed by atoms with Gasteiger partial charge in [0.2, 0.25) is 0 Å². The number of carbonyl (C=O) groups is 1. The van der Waals surface area contributed by atoms with Gasteiger partial charge >= 0.3 is 0 Å². The summed E-state index contributed by atoms with van der Waals surface area (Å²) in [5.74, 6) is 5.33. The molecule has 0 aliphatic rings. The molecule has 0 radical (unpaired) electrons. The molecular weight excluding hydrogens is 242 g/mol. The Morgan fingerprint density at radius 1 is 1.32 bits per heavy atom. The van der Waals surface area contributed by atoms with E-state index in [4.69, 9.17) is 11.1 Å². The first-order chi connectivity index (χ1) is 9.22. The van der Waals surface area contributed by atoms with Gasteiger partial charge in [0, 0.05) is 17.4 Å². The molecule has 4 N–H and O–H groups in total. The van der Waals surface area contributed by atoms with Crippen LogP contribution >= 0.6 is 0 Å². The maximum absolute atomic E-state index is 12.0. The number of benzene rings is 1. The first-order valence-corrected chi connectivity index (χ1v) is 5.47. The third kappa shape index (κ3) is 3.06. The number of nitrogens with zero attached hydrogens (tertiary/aromatic N) is 2. The number of anilines is 2. The molecule has 0 bridgehead atoms. The number of aromatic nitrogens is 1. The minimum Gasteiger partial charge on any atom is -0.322 e. The summed E-state index contributed by atoms with van der Waals surface area (Å²) in [5.41, 5.74) is 3.83. The van der Waals surface area contributed by atoms with Crippen molar-refractivity contribution in [3.63, 3.8) is 0 Å². The topological polar surface area (TPSA) is 104 Å². The van der Waals surface area contributed by atoms with Crippen LogP contribution in [0.5, 0.6) is 0 Å². The van der Waals surface area contributed by atoms with E-state index < -0.39 is 0 Å². The van der Waals surface area contributed by atoms with Crippen molar-refractivity contribution in [2.45, 2.75) is 0 Å². The minimum atomic E-state index is -0.297. The van der Waals surface area contributed by atoms with Crippen LogP contribution in [0.4, 0.5) is 11.5 Å². The summed E-state index contributed by atoms with van der Waals surface area (Å²) in [6.45, 7) is 0. The summed E-state index contributed by atoms with van der Waals surface area (Å²) in [4.78, 5) is 15.9. The monoisotopic (exact) mass is 253 g/mol. The minimum absolute atomic E-state index is 0.297. The van der Waals surface area contributed by atoms with E-state index in [1.807, 2.05) is 6.07 Å². The van der Waals surface area contributed by atoms with Crippen LogP contribution in [0.15, 0.2) is 42.6 Å². The number of hydrogen-bond acceptors (Lipinski definition) is 5. The molecule has 1 heterocycles. The second-order valence-electron chi connectivity index (χ2n) is 3.72. The van der Waals surface area contributed by atoms with Gasteiger partial charge in [-0.2, -0.15) is 5.26 Å². The van der Waals surface area contributed by atoms with E-state index in [0.29, 0.717) is 22.6 Å². The van der Waals surface area contributed by atoms with Gasteiger partial charge in [-0.1, -0.05) is 6.07 Å². The number of pyridine rings is 1. The largest absolute Gasteiger partial charge is 0.322 e. The highest BCUT2D eigenvalue weighted by Gasteiger charge is 2.07. The molecule has 1 amide bonds. The molecule has 6 nitrogen and oxygen atoms in total. The molecule has 0 spiro atoms. The second-order valence-corrected chi connectivity index (χ2v) is 3.72. The van der Waals surface area contributed by atoms with Gasteiger partial charge in [-0.25, -0.2) is 10.8 Å². The Balaban J connectivity index is 2.18.